The monoisotopic (exact) mass is 430 g/mol. The van der Waals surface area contributed by atoms with Gasteiger partial charge < -0.3 is 18.9 Å². The van der Waals surface area contributed by atoms with Crippen molar-refractivity contribution in [1.29, 1.82) is 0 Å². The van der Waals surface area contributed by atoms with Crippen molar-refractivity contribution in [2.75, 3.05) is 27.4 Å². The van der Waals surface area contributed by atoms with Crippen molar-refractivity contribution in [3.05, 3.63) is 22.2 Å². The van der Waals surface area contributed by atoms with Gasteiger partial charge in [-0.25, -0.2) is 0 Å². The summed E-state index contributed by atoms with van der Waals surface area (Å²) in [5, 5.41) is 0. The number of hydrogen-bond donors (Lipinski definition) is 0. The van der Waals surface area contributed by atoms with Crippen LogP contribution in [0.4, 0.5) is 0 Å². The van der Waals surface area contributed by atoms with Gasteiger partial charge in [-0.05, 0) is 40.9 Å². The molecule has 0 aliphatic carbocycles. The zero-order valence-electron chi connectivity index (χ0n) is 16.8. The van der Waals surface area contributed by atoms with Gasteiger partial charge in [-0.15, -0.1) is 0 Å². The summed E-state index contributed by atoms with van der Waals surface area (Å²) >= 11 is 3.60. The average molecular weight is 431 g/mol. The van der Waals surface area contributed by atoms with Gasteiger partial charge in [-0.2, -0.15) is 0 Å². The summed E-state index contributed by atoms with van der Waals surface area (Å²) in [6.07, 6.45) is 8.94. The standard InChI is InChI=1S/C21H35BrO4/c1-5-7-9-11-13-25-19-16-18(22)20(26-14-12-10-8-6-2)15-17(19)21(23-3)24-4/h15-16,21H,5-14H2,1-4H3. The summed E-state index contributed by atoms with van der Waals surface area (Å²) in [6.45, 7) is 5.82. The molecule has 0 radical (unpaired) electrons. The first kappa shape index (κ1) is 23.3. The lowest BCUT2D eigenvalue weighted by Crippen LogP contribution is -2.09. The third-order valence-electron chi connectivity index (χ3n) is 4.26. The second-order valence-electron chi connectivity index (χ2n) is 6.44. The van der Waals surface area contributed by atoms with Crippen LogP contribution in [0.1, 0.15) is 77.1 Å². The second kappa shape index (κ2) is 14.3. The Morgan fingerprint density at radius 3 is 1.81 bits per heavy atom. The highest BCUT2D eigenvalue weighted by Gasteiger charge is 2.19. The Balaban J connectivity index is 2.79. The first-order valence-corrected chi connectivity index (χ1v) is 10.6. The van der Waals surface area contributed by atoms with Crippen LogP contribution in [0.2, 0.25) is 0 Å². The van der Waals surface area contributed by atoms with E-state index in [0.29, 0.717) is 13.2 Å². The largest absolute Gasteiger partial charge is 0.493 e. The molecule has 0 heterocycles. The van der Waals surface area contributed by atoms with E-state index in [1.54, 1.807) is 14.2 Å². The molecule has 4 nitrogen and oxygen atoms in total. The van der Waals surface area contributed by atoms with E-state index in [1.165, 1.54) is 38.5 Å². The van der Waals surface area contributed by atoms with Crippen LogP contribution in [-0.4, -0.2) is 27.4 Å². The van der Waals surface area contributed by atoms with Gasteiger partial charge >= 0.3 is 0 Å². The van der Waals surface area contributed by atoms with E-state index in [4.69, 9.17) is 18.9 Å². The van der Waals surface area contributed by atoms with E-state index in [9.17, 15) is 0 Å². The van der Waals surface area contributed by atoms with Gasteiger partial charge in [-0.1, -0.05) is 52.4 Å². The molecule has 26 heavy (non-hydrogen) atoms. The number of hydrogen-bond acceptors (Lipinski definition) is 4. The van der Waals surface area contributed by atoms with Crippen molar-refractivity contribution in [3.8, 4) is 11.5 Å². The van der Waals surface area contributed by atoms with Crippen molar-refractivity contribution in [3.63, 3.8) is 0 Å². The fourth-order valence-corrected chi connectivity index (χ4v) is 3.18. The van der Waals surface area contributed by atoms with Gasteiger partial charge in [0.2, 0.25) is 0 Å². The molecule has 0 saturated heterocycles. The molecular weight excluding hydrogens is 396 g/mol. The molecule has 0 N–H and O–H groups in total. The van der Waals surface area contributed by atoms with Crippen molar-refractivity contribution in [1.82, 2.24) is 0 Å². The summed E-state index contributed by atoms with van der Waals surface area (Å²) in [4.78, 5) is 0. The van der Waals surface area contributed by atoms with Crippen LogP contribution >= 0.6 is 15.9 Å². The van der Waals surface area contributed by atoms with Crippen molar-refractivity contribution in [2.45, 2.75) is 71.5 Å². The first-order chi connectivity index (χ1) is 12.7. The summed E-state index contributed by atoms with van der Waals surface area (Å²) in [6, 6.07) is 3.92. The highest BCUT2D eigenvalue weighted by atomic mass is 79.9. The van der Waals surface area contributed by atoms with Crippen molar-refractivity contribution >= 4 is 15.9 Å². The minimum absolute atomic E-state index is 0.476. The second-order valence-corrected chi connectivity index (χ2v) is 7.30. The van der Waals surface area contributed by atoms with Crippen LogP contribution in [0.3, 0.4) is 0 Å². The lowest BCUT2D eigenvalue weighted by atomic mass is 10.1. The first-order valence-electron chi connectivity index (χ1n) is 9.82. The van der Waals surface area contributed by atoms with Crippen molar-refractivity contribution in [2.24, 2.45) is 0 Å². The predicted octanol–water partition coefficient (Wildman–Crippen LogP) is 6.66. The Labute approximate surface area is 167 Å². The quantitative estimate of drug-likeness (QED) is 0.230. The number of unbranched alkanes of at least 4 members (excludes halogenated alkanes) is 6. The molecule has 1 rings (SSSR count). The maximum atomic E-state index is 6.02. The molecule has 1 aromatic rings. The molecule has 0 fully saturated rings. The smallest absolute Gasteiger partial charge is 0.186 e. The molecule has 0 atom stereocenters. The van der Waals surface area contributed by atoms with E-state index in [1.807, 2.05) is 12.1 Å². The molecule has 5 heteroatoms. The number of ether oxygens (including phenoxy) is 4. The fourth-order valence-electron chi connectivity index (χ4n) is 2.74. The molecule has 1 aromatic carbocycles. The molecule has 0 amide bonds. The van der Waals surface area contributed by atoms with Crippen LogP contribution in [0.25, 0.3) is 0 Å². The SMILES string of the molecule is CCCCCCOc1cc(C(OC)OC)c(OCCCCCC)cc1Br. The van der Waals surface area contributed by atoms with Gasteiger partial charge in [0.05, 0.1) is 23.2 Å². The van der Waals surface area contributed by atoms with E-state index in [-0.39, 0.29) is 0 Å². The normalized spacial score (nSPS) is 11.2. The highest BCUT2D eigenvalue weighted by molar-refractivity contribution is 9.10. The minimum atomic E-state index is -0.476. The van der Waals surface area contributed by atoms with E-state index < -0.39 is 6.29 Å². The van der Waals surface area contributed by atoms with Crippen LogP contribution in [0, 0.1) is 0 Å². The fraction of sp³-hybridized carbons (Fsp3) is 0.714. The van der Waals surface area contributed by atoms with Crippen LogP contribution < -0.4 is 9.47 Å². The van der Waals surface area contributed by atoms with Crippen LogP contribution in [0.5, 0.6) is 11.5 Å². The lowest BCUT2D eigenvalue weighted by molar-refractivity contribution is -0.107. The Bertz CT molecular complexity index is 489. The maximum Gasteiger partial charge on any atom is 0.186 e. The maximum absolute atomic E-state index is 6.02. The molecule has 0 spiro atoms. The molecular formula is C21H35BrO4. The zero-order chi connectivity index (χ0) is 19.2. The Morgan fingerprint density at radius 1 is 0.769 bits per heavy atom. The number of halogens is 1. The summed E-state index contributed by atoms with van der Waals surface area (Å²) in [5.41, 5.74) is 0.859. The molecule has 0 unspecified atom stereocenters. The van der Waals surface area contributed by atoms with Gasteiger partial charge in [0.25, 0.3) is 0 Å². The average Bonchev–Trinajstić information content (AvgIpc) is 2.64. The van der Waals surface area contributed by atoms with Gasteiger partial charge in [0.15, 0.2) is 6.29 Å². The van der Waals surface area contributed by atoms with E-state index in [0.717, 1.165) is 34.4 Å². The molecule has 150 valence electrons. The van der Waals surface area contributed by atoms with Crippen molar-refractivity contribution < 1.29 is 18.9 Å². The van der Waals surface area contributed by atoms with Crippen LogP contribution in [0.15, 0.2) is 16.6 Å². The topological polar surface area (TPSA) is 36.9 Å². The molecule has 0 aliphatic rings. The van der Waals surface area contributed by atoms with Gasteiger partial charge in [-0.3, -0.25) is 0 Å². The number of rotatable bonds is 15. The Morgan fingerprint density at radius 2 is 1.31 bits per heavy atom. The summed E-state index contributed by atoms with van der Waals surface area (Å²) in [5.74, 6) is 1.58. The number of benzene rings is 1. The third kappa shape index (κ3) is 8.28. The van der Waals surface area contributed by atoms with Gasteiger partial charge in [0.1, 0.15) is 11.5 Å². The van der Waals surface area contributed by atoms with E-state index >= 15 is 0 Å². The summed E-state index contributed by atoms with van der Waals surface area (Å²) < 4.78 is 23.8. The van der Waals surface area contributed by atoms with Gasteiger partial charge in [0, 0.05) is 14.2 Å². The molecule has 0 saturated carbocycles. The summed E-state index contributed by atoms with van der Waals surface area (Å²) in [7, 11) is 3.26. The van der Waals surface area contributed by atoms with Crippen LogP contribution in [-0.2, 0) is 9.47 Å². The number of methoxy groups -OCH3 is 2. The predicted molar refractivity (Wildman–Crippen MR) is 110 cm³/mol. The zero-order valence-corrected chi connectivity index (χ0v) is 18.4. The third-order valence-corrected chi connectivity index (χ3v) is 4.88. The highest BCUT2D eigenvalue weighted by Crippen LogP contribution is 2.37. The Kier molecular flexibility index (Phi) is 12.8. The minimum Gasteiger partial charge on any atom is -0.493 e. The molecule has 0 aliphatic heterocycles. The molecule has 0 aromatic heterocycles. The lowest BCUT2D eigenvalue weighted by Gasteiger charge is -2.20. The molecule has 0 bridgehead atoms. The van der Waals surface area contributed by atoms with E-state index in [2.05, 4.69) is 29.8 Å². The Hall–Kier alpha value is -0.780.